The number of amides is 2. The lowest BCUT2D eigenvalue weighted by atomic mass is 9.83. The third-order valence-corrected chi connectivity index (χ3v) is 9.84. The van der Waals surface area contributed by atoms with Crippen LogP contribution in [0.25, 0.3) is 0 Å². The summed E-state index contributed by atoms with van der Waals surface area (Å²) in [6.45, 7) is 48.3. The number of nitrogens with two attached hydrogens (primary N) is 1. The smallest absolute Gasteiger partial charge is 0.325 e. The van der Waals surface area contributed by atoms with Crippen LogP contribution in [-0.2, 0) is 28.7 Å². The van der Waals surface area contributed by atoms with Crippen molar-refractivity contribution in [1.82, 2.24) is 19.6 Å². The molecule has 438 valence electrons. The van der Waals surface area contributed by atoms with E-state index >= 15 is 0 Å². The molecule has 1 heterocycles. The van der Waals surface area contributed by atoms with Crippen LogP contribution in [0.3, 0.4) is 0 Å². The topological polar surface area (TPSA) is 186 Å². The second-order valence-corrected chi connectivity index (χ2v) is 24.0. The van der Waals surface area contributed by atoms with Crippen LogP contribution in [0.2, 0.25) is 0 Å². The number of aliphatic carboxylic acids is 1. The minimum atomic E-state index is -0.962. The number of aliphatic hydroxyl groups excluding tert-OH is 2. The van der Waals surface area contributed by atoms with Gasteiger partial charge in [-0.15, -0.1) is 0 Å². The molecule has 0 spiro atoms. The molecule has 5 N–H and O–H groups in total. The highest BCUT2D eigenvalue weighted by molar-refractivity contribution is 5.82. The Labute approximate surface area is 447 Å². The molecule has 2 fully saturated rings. The van der Waals surface area contributed by atoms with Crippen LogP contribution in [0.5, 0.6) is 0 Å². The average Bonchev–Trinajstić information content (AvgIpc) is 3.71. The molecule has 4 unspecified atom stereocenters. The quantitative estimate of drug-likeness (QED) is 0.0954. The summed E-state index contributed by atoms with van der Waals surface area (Å²) in [6, 6.07) is 0. The lowest BCUT2D eigenvalue weighted by Crippen LogP contribution is -2.40. The van der Waals surface area contributed by atoms with Crippen molar-refractivity contribution >= 4 is 23.8 Å². The average molecular weight is 1040 g/mol. The predicted molar refractivity (Wildman–Crippen MR) is 308 cm³/mol. The van der Waals surface area contributed by atoms with Crippen LogP contribution in [0.1, 0.15) is 177 Å². The molecule has 72 heavy (non-hydrogen) atoms. The van der Waals surface area contributed by atoms with Crippen LogP contribution >= 0.6 is 0 Å². The number of nitrogens with zero attached hydrogens (tertiary/aromatic N) is 4. The molecule has 0 aromatic rings. The molecule has 2 aliphatic rings. The lowest BCUT2D eigenvalue weighted by Gasteiger charge is -2.36. The molecular weight excluding hydrogens is 911 g/mol. The monoisotopic (exact) mass is 1040 g/mol. The summed E-state index contributed by atoms with van der Waals surface area (Å²) in [6.07, 6.45) is 6.24. The largest absolute Gasteiger partial charge is 0.480 e. The Morgan fingerprint density at radius 3 is 1.28 bits per heavy atom. The first-order valence-corrected chi connectivity index (χ1v) is 27.6. The van der Waals surface area contributed by atoms with E-state index in [1.165, 1.54) is 49.1 Å². The highest BCUT2D eigenvalue weighted by atomic mass is 16.5. The number of hydrogen-bond donors (Lipinski definition) is 4. The zero-order valence-corrected chi connectivity index (χ0v) is 52.4. The van der Waals surface area contributed by atoms with E-state index < -0.39 is 11.9 Å². The third kappa shape index (κ3) is 69.7. The zero-order chi connectivity index (χ0) is 58.3. The Hall–Kier alpha value is -2.36. The fourth-order valence-corrected chi connectivity index (χ4v) is 6.62. The highest BCUT2D eigenvalue weighted by Crippen LogP contribution is 2.35. The highest BCUT2D eigenvalue weighted by Gasteiger charge is 2.27. The molecule has 2 rings (SSSR count). The number of likely N-dealkylation sites (tertiary alicyclic amines) is 1. The van der Waals surface area contributed by atoms with Crippen molar-refractivity contribution in [1.29, 1.82) is 0 Å². The van der Waals surface area contributed by atoms with Crippen molar-refractivity contribution in [3.63, 3.8) is 0 Å². The summed E-state index contributed by atoms with van der Waals surface area (Å²) >= 11 is 0. The number of carbonyl (C=O) groups is 4. The minimum Gasteiger partial charge on any atom is -0.480 e. The molecular formula is C58H127N5O9. The van der Waals surface area contributed by atoms with Crippen LogP contribution in [0.15, 0.2) is 0 Å². The van der Waals surface area contributed by atoms with E-state index in [9.17, 15) is 19.2 Å². The number of aliphatic hydroxyl groups is 2. The van der Waals surface area contributed by atoms with Crippen LogP contribution < -0.4 is 5.73 Å². The molecule has 1 saturated heterocycles. The van der Waals surface area contributed by atoms with Crippen molar-refractivity contribution in [3.8, 4) is 0 Å². The summed E-state index contributed by atoms with van der Waals surface area (Å²) in [7, 11) is 10.0. The number of carboxylic acids is 1. The third-order valence-electron chi connectivity index (χ3n) is 9.84. The molecule has 14 nitrogen and oxygen atoms in total. The number of carboxylic acid groups (broad SMARTS) is 1. The van der Waals surface area contributed by atoms with Crippen molar-refractivity contribution in [3.05, 3.63) is 0 Å². The van der Waals surface area contributed by atoms with Crippen molar-refractivity contribution in [2.24, 2.45) is 76.7 Å². The second kappa shape index (κ2) is 54.9. The molecule has 0 aromatic heterocycles. The maximum atomic E-state index is 11.7. The number of esters is 1. The maximum Gasteiger partial charge on any atom is 0.325 e. The Balaban J connectivity index is -0.000000141. The molecule has 0 aromatic carbocycles. The van der Waals surface area contributed by atoms with Crippen molar-refractivity contribution in [2.75, 3.05) is 108 Å². The molecule has 0 bridgehead atoms. The van der Waals surface area contributed by atoms with Gasteiger partial charge in [0.1, 0.15) is 13.1 Å². The van der Waals surface area contributed by atoms with Crippen LogP contribution in [0.4, 0.5) is 0 Å². The van der Waals surface area contributed by atoms with Gasteiger partial charge in [-0.2, -0.15) is 0 Å². The van der Waals surface area contributed by atoms with Gasteiger partial charge in [-0.1, -0.05) is 138 Å². The van der Waals surface area contributed by atoms with Gasteiger partial charge in [0.2, 0.25) is 11.8 Å². The van der Waals surface area contributed by atoms with Crippen LogP contribution in [0, 0.1) is 71.0 Å². The summed E-state index contributed by atoms with van der Waals surface area (Å²) in [4.78, 5) is 52.2. The van der Waals surface area contributed by atoms with Gasteiger partial charge in [-0.3, -0.25) is 19.2 Å². The molecule has 4 atom stereocenters. The number of rotatable bonds is 18. The van der Waals surface area contributed by atoms with Gasteiger partial charge in [-0.25, -0.2) is 0 Å². The Bertz CT molecular complexity index is 1160. The fourth-order valence-electron chi connectivity index (χ4n) is 6.62. The standard InChI is InChI=1S/C11H22N2O3.C10H20N2O3.C10H21NO.C10H20O.4C4H10.CH4O/c1-9(2)7-10(14)13(8-11(15)16)6-5-12(3)4;1-8(2)6-9(13)12(5-4-11)7-10(14)15-3;1-8(2)10-4-9(7-12)5-11(3)6-10;1-8(2)10-5-4-9(6-10)7-11-3;4*1-4(2)3;1-2/h9H,5-8H2,1-4H3,(H,15,16);8H,4-7,11H2,1-3H3;8-10,12H,4-7H2,1-3H3;8-10H,4-7H2,1-3H3;4*4H,1-3H3;2H,1H3. The Morgan fingerprint density at radius 1 is 0.597 bits per heavy atom. The zero-order valence-electron chi connectivity index (χ0n) is 52.4. The van der Waals surface area contributed by atoms with Gasteiger partial charge in [0.15, 0.2) is 0 Å². The van der Waals surface area contributed by atoms with Gasteiger partial charge in [0.25, 0.3) is 0 Å². The van der Waals surface area contributed by atoms with E-state index in [1.807, 2.05) is 53.8 Å². The number of ether oxygens (including phenoxy) is 2. The lowest BCUT2D eigenvalue weighted by molar-refractivity contribution is -0.147. The van der Waals surface area contributed by atoms with Crippen LogP contribution in [-0.4, -0.2) is 167 Å². The maximum absolute atomic E-state index is 11.7. The van der Waals surface area contributed by atoms with Gasteiger partial charge < -0.3 is 50.1 Å². The molecule has 1 saturated carbocycles. The van der Waals surface area contributed by atoms with Gasteiger partial charge in [0, 0.05) is 79.5 Å². The van der Waals surface area contributed by atoms with E-state index in [1.54, 1.807) is 0 Å². The Kier molecular flexibility index (Phi) is 63.7. The number of carbonyl (C=O) groups excluding carboxylic acids is 3. The minimum absolute atomic E-state index is 0.0146. The fraction of sp³-hybridized carbons (Fsp3) is 0.931. The van der Waals surface area contributed by atoms with E-state index in [4.69, 9.17) is 25.8 Å². The molecule has 1 aliphatic heterocycles. The van der Waals surface area contributed by atoms with Crippen molar-refractivity contribution < 1.29 is 44.0 Å². The predicted octanol–water partition coefficient (Wildman–Crippen LogP) is 10.7. The normalized spacial score (nSPS) is 16.9. The van der Waals surface area contributed by atoms with Gasteiger partial charge in [0.05, 0.1) is 7.11 Å². The number of piperidine rings is 1. The molecule has 0 radical (unpaired) electrons. The Morgan fingerprint density at radius 2 is 0.986 bits per heavy atom. The number of likely N-dealkylation sites (N-methyl/N-ethyl adjacent to an activating group) is 1. The van der Waals surface area contributed by atoms with Crippen molar-refractivity contribution in [2.45, 2.75) is 177 Å². The van der Waals surface area contributed by atoms with Gasteiger partial charge >= 0.3 is 11.9 Å². The van der Waals surface area contributed by atoms with Gasteiger partial charge in [-0.05, 0) is 118 Å². The molecule has 14 heteroatoms. The summed E-state index contributed by atoms with van der Waals surface area (Å²) in [5, 5.41) is 24.8. The van der Waals surface area contributed by atoms with E-state index in [0.29, 0.717) is 51.5 Å². The van der Waals surface area contributed by atoms with E-state index in [0.717, 1.165) is 73.5 Å². The van der Waals surface area contributed by atoms with E-state index in [2.05, 4.69) is 127 Å². The SMILES string of the molecule is CC(C)C.CC(C)C.CC(C)C.CC(C)C.CC(C)C1CC(CO)CN(C)C1.CC(C)CC(=O)N(CCN(C)C)CC(=O)O.CO.COC(=O)CN(CCN)C(=O)CC(C)C.COCC1CCC(C(C)C)C1. The number of hydrogen-bond acceptors (Lipinski definition) is 11. The first-order valence-electron chi connectivity index (χ1n) is 27.6. The second-order valence-electron chi connectivity index (χ2n) is 24.0. The molecule has 1 aliphatic carbocycles. The van der Waals surface area contributed by atoms with E-state index in [-0.39, 0.29) is 36.7 Å². The summed E-state index contributed by atoms with van der Waals surface area (Å²) in [5.41, 5.74) is 5.37. The first kappa shape index (κ1) is 83.6. The molecule has 2 amide bonds. The first-order chi connectivity index (χ1) is 33.1. The number of methoxy groups -OCH3 is 2. The summed E-state index contributed by atoms with van der Waals surface area (Å²) in [5.74, 6) is 7.08. The summed E-state index contributed by atoms with van der Waals surface area (Å²) < 4.78 is 9.66.